The fraction of sp³-hybridized carbons (Fsp3) is 0.452. The Morgan fingerprint density at radius 2 is 1.23 bits per heavy atom. The number of carboxylic acid groups (broad SMARTS) is 3. The van der Waals surface area contributed by atoms with Gasteiger partial charge in [0.15, 0.2) is 0 Å². The van der Waals surface area contributed by atoms with Crippen molar-refractivity contribution >= 4 is 65.2 Å². The summed E-state index contributed by atoms with van der Waals surface area (Å²) in [6, 6.07) is 5.31. The van der Waals surface area contributed by atoms with Gasteiger partial charge in [-0.25, -0.2) is 4.79 Å². The maximum Gasteiger partial charge on any atom is 0.326 e. The van der Waals surface area contributed by atoms with Crippen molar-refractivity contribution in [3.63, 3.8) is 0 Å². The lowest BCUT2D eigenvalue weighted by Crippen LogP contribution is -2.61. The van der Waals surface area contributed by atoms with Crippen molar-refractivity contribution in [3.8, 4) is 0 Å². The normalized spacial score (nSPS) is 19.9. The molecule has 1 aliphatic rings. The fourth-order valence-electron chi connectivity index (χ4n) is 6.52. The molecule has 0 saturated carbocycles. The molecule has 0 aromatic heterocycles. The van der Waals surface area contributed by atoms with Gasteiger partial charge in [-0.05, 0) is 29.9 Å². The van der Waals surface area contributed by atoms with Gasteiger partial charge in [0.05, 0.1) is 12.8 Å². The van der Waals surface area contributed by atoms with Crippen LogP contribution < -0.4 is 42.5 Å². The number of benzene rings is 2. The van der Waals surface area contributed by atoms with E-state index in [9.17, 15) is 68.1 Å². The van der Waals surface area contributed by atoms with E-state index in [1.54, 1.807) is 74.5 Å². The monoisotopic (exact) mass is 894 g/mol. The maximum absolute atomic E-state index is 13.9. The lowest BCUT2D eigenvalue weighted by Gasteiger charge is -2.27. The van der Waals surface area contributed by atoms with Crippen molar-refractivity contribution in [1.29, 1.82) is 0 Å². The first-order valence-electron chi connectivity index (χ1n) is 20.3. The third-order valence-electron chi connectivity index (χ3n) is 9.67. The van der Waals surface area contributed by atoms with Gasteiger partial charge in [0.2, 0.25) is 47.3 Å². The number of carbonyl (C=O) groups is 11. The molecule has 0 radical (unpaired) electrons. The summed E-state index contributed by atoms with van der Waals surface area (Å²) >= 11 is 0. The lowest BCUT2D eigenvalue weighted by molar-refractivity contribution is -0.143. The molecular formula is C42H54N8O14. The average Bonchev–Trinajstić information content (AvgIpc) is 3.22. The van der Waals surface area contributed by atoms with Crippen molar-refractivity contribution in [2.24, 2.45) is 5.92 Å². The van der Waals surface area contributed by atoms with Crippen LogP contribution in [0.4, 0.5) is 0 Å². The Morgan fingerprint density at radius 3 is 1.77 bits per heavy atom. The van der Waals surface area contributed by atoms with Crippen LogP contribution in [0, 0.1) is 5.92 Å². The molecule has 1 saturated heterocycles. The Morgan fingerprint density at radius 1 is 0.672 bits per heavy atom. The van der Waals surface area contributed by atoms with Crippen molar-refractivity contribution in [2.75, 3.05) is 6.54 Å². The fourth-order valence-corrected chi connectivity index (χ4v) is 6.52. The second-order valence-corrected chi connectivity index (χ2v) is 15.5. The minimum absolute atomic E-state index is 0.0116. The minimum atomic E-state index is -1.94. The average molecular weight is 895 g/mol. The van der Waals surface area contributed by atoms with Crippen LogP contribution in [-0.2, 0) is 65.6 Å². The van der Waals surface area contributed by atoms with Crippen LogP contribution in [0.1, 0.15) is 64.0 Å². The number of hydrogen-bond donors (Lipinski definition) is 11. The largest absolute Gasteiger partial charge is 0.481 e. The Bertz CT molecular complexity index is 2030. The van der Waals surface area contributed by atoms with Gasteiger partial charge < -0.3 is 57.9 Å². The van der Waals surface area contributed by atoms with Crippen LogP contribution in [0.15, 0.2) is 60.7 Å². The van der Waals surface area contributed by atoms with E-state index in [0.717, 1.165) is 0 Å². The van der Waals surface area contributed by atoms with E-state index < -0.39 is 140 Å². The molecule has 0 aliphatic carbocycles. The number of carboxylic acids is 3. The Kier molecular flexibility index (Phi) is 19.8. The number of nitrogens with one attached hydrogen (secondary N) is 8. The van der Waals surface area contributed by atoms with Gasteiger partial charge in [-0.1, -0.05) is 74.5 Å². The molecule has 22 nitrogen and oxygen atoms in total. The zero-order chi connectivity index (χ0) is 47.5. The number of carbonyl (C=O) groups excluding carboxylic acids is 8. The van der Waals surface area contributed by atoms with Crippen molar-refractivity contribution in [2.45, 2.75) is 108 Å². The van der Waals surface area contributed by atoms with Gasteiger partial charge in [-0.2, -0.15) is 0 Å². The first kappa shape index (κ1) is 51.0. The lowest BCUT2D eigenvalue weighted by atomic mass is 10.0. The van der Waals surface area contributed by atoms with E-state index in [4.69, 9.17) is 0 Å². The summed E-state index contributed by atoms with van der Waals surface area (Å²) < 4.78 is 0. The second kappa shape index (κ2) is 24.9. The third-order valence-corrected chi connectivity index (χ3v) is 9.67. The van der Waals surface area contributed by atoms with Gasteiger partial charge >= 0.3 is 17.9 Å². The summed E-state index contributed by atoms with van der Waals surface area (Å²) in [7, 11) is 0. The molecule has 22 heteroatoms. The van der Waals surface area contributed by atoms with Gasteiger partial charge in [0.25, 0.3) is 0 Å². The summed E-state index contributed by atoms with van der Waals surface area (Å²) in [6.07, 6.45) is -3.31. The molecule has 2 aromatic rings. The van der Waals surface area contributed by atoms with E-state index >= 15 is 0 Å². The van der Waals surface area contributed by atoms with Gasteiger partial charge in [0.1, 0.15) is 42.3 Å². The van der Waals surface area contributed by atoms with E-state index in [0.29, 0.717) is 11.1 Å². The predicted octanol–water partition coefficient (Wildman–Crippen LogP) is -2.12. The van der Waals surface area contributed by atoms with Gasteiger partial charge in [-0.15, -0.1) is 0 Å². The van der Waals surface area contributed by atoms with E-state index in [2.05, 4.69) is 42.5 Å². The highest BCUT2D eigenvalue weighted by Crippen LogP contribution is 2.11. The molecule has 11 N–H and O–H groups in total. The zero-order valence-electron chi connectivity index (χ0n) is 35.4. The Hall–Kier alpha value is -7.39. The third kappa shape index (κ3) is 17.5. The summed E-state index contributed by atoms with van der Waals surface area (Å²) in [4.78, 5) is 143. The number of amides is 8. The van der Waals surface area contributed by atoms with Gasteiger partial charge in [-0.3, -0.25) is 47.9 Å². The minimum Gasteiger partial charge on any atom is -0.481 e. The standard InChI is InChI=1S/C42H54N8O14/c1-22(2)16-27-37(58)47-30(20-35(55)56)40(61)50-32(41(62)48-29(19-34(53)54)39(60)49-31(42(63)64)18-25-12-8-5-9-13-25)21-43-33(52)15-14-26(36(57)46-27)45-38(59)28(44-23(3)51)17-24-10-6-4-7-11-24/h4-13,22,26-32H,14-21H2,1-3H3,(H,43,52)(H,44,51)(H,45,59)(H,46,57)(H,47,58)(H,48,62)(H,49,60)(H,50,61)(H,53,54)(H,55,56)(H,63,64)/t26?,27?,28-,29-,30?,31-,32?/m0/s1. The summed E-state index contributed by atoms with van der Waals surface area (Å²) in [6.45, 7) is 3.81. The zero-order valence-corrected chi connectivity index (χ0v) is 35.4. The first-order chi connectivity index (χ1) is 30.2. The summed E-state index contributed by atoms with van der Waals surface area (Å²) in [5.74, 6) is -12.9. The molecule has 7 atom stereocenters. The molecule has 1 heterocycles. The smallest absolute Gasteiger partial charge is 0.326 e. The highest BCUT2D eigenvalue weighted by Gasteiger charge is 2.36. The van der Waals surface area contributed by atoms with E-state index in [-0.39, 0.29) is 25.2 Å². The molecule has 346 valence electrons. The maximum atomic E-state index is 13.9. The number of hydrogen-bond acceptors (Lipinski definition) is 11. The van der Waals surface area contributed by atoms with Crippen LogP contribution in [0.3, 0.4) is 0 Å². The van der Waals surface area contributed by atoms with Crippen molar-refractivity contribution in [3.05, 3.63) is 71.8 Å². The molecule has 0 bridgehead atoms. The number of rotatable bonds is 18. The van der Waals surface area contributed by atoms with E-state index in [1.807, 2.05) is 0 Å². The van der Waals surface area contributed by atoms with Gasteiger partial charge in [0, 0.05) is 32.7 Å². The predicted molar refractivity (Wildman–Crippen MR) is 223 cm³/mol. The molecule has 0 spiro atoms. The molecule has 1 fully saturated rings. The summed E-state index contributed by atoms with van der Waals surface area (Å²) in [5, 5.41) is 47.9. The van der Waals surface area contributed by atoms with Crippen LogP contribution in [0.25, 0.3) is 0 Å². The molecule has 8 amide bonds. The molecular weight excluding hydrogens is 841 g/mol. The van der Waals surface area contributed by atoms with Crippen LogP contribution in [0.5, 0.6) is 0 Å². The van der Waals surface area contributed by atoms with Crippen molar-refractivity contribution < 1.29 is 68.1 Å². The topological polar surface area (TPSA) is 345 Å². The van der Waals surface area contributed by atoms with Crippen molar-refractivity contribution in [1.82, 2.24) is 42.5 Å². The second-order valence-electron chi connectivity index (χ2n) is 15.5. The molecule has 1 aliphatic heterocycles. The van der Waals surface area contributed by atoms with Crippen LogP contribution in [-0.4, -0.2) is 129 Å². The highest BCUT2D eigenvalue weighted by molar-refractivity contribution is 5.99. The molecule has 2 aromatic carbocycles. The molecule has 3 rings (SSSR count). The molecule has 64 heavy (non-hydrogen) atoms. The van der Waals surface area contributed by atoms with E-state index in [1.165, 1.54) is 6.92 Å². The molecule has 4 unspecified atom stereocenters. The Balaban J connectivity index is 1.97. The van der Waals surface area contributed by atoms with Crippen LogP contribution >= 0.6 is 0 Å². The highest BCUT2D eigenvalue weighted by atomic mass is 16.4. The quantitative estimate of drug-likeness (QED) is 0.0763. The first-order valence-corrected chi connectivity index (χ1v) is 20.3. The van der Waals surface area contributed by atoms with Crippen LogP contribution in [0.2, 0.25) is 0 Å². The SMILES string of the molecule is CC(=O)N[C@@H](Cc1ccccc1)C(=O)NC1CCC(=O)NCC(C(=O)N[C@@H](CC(=O)O)C(=O)N[C@@H](Cc2ccccc2)C(=O)O)NC(=O)C(CC(=O)O)NC(=O)C(CC(C)C)NC1=O. The Labute approximate surface area is 367 Å². The summed E-state index contributed by atoms with van der Waals surface area (Å²) in [5.41, 5.74) is 1.17. The number of aliphatic carboxylic acids is 3.